The predicted molar refractivity (Wildman–Crippen MR) is 135 cm³/mol. The lowest BCUT2D eigenvalue weighted by Gasteiger charge is -2.42. The van der Waals surface area contributed by atoms with Crippen LogP contribution in [0.25, 0.3) is 0 Å². The van der Waals surface area contributed by atoms with Crippen LogP contribution in [0.2, 0.25) is 5.02 Å². The SMILES string of the molecule is N#CC1=C2SCN(c3ccccc3)CN2C(=O)CC1c1ccc(OCc2ccc(Cl)cc2)cc1. The fourth-order valence-electron chi connectivity index (χ4n) is 4.19. The number of halogens is 1. The number of rotatable bonds is 5. The molecule has 3 aromatic rings. The lowest BCUT2D eigenvalue weighted by atomic mass is 9.86. The van der Waals surface area contributed by atoms with Gasteiger partial charge in [-0.05, 0) is 47.5 Å². The molecule has 2 aliphatic heterocycles. The summed E-state index contributed by atoms with van der Waals surface area (Å²) in [6.45, 7) is 0.899. The van der Waals surface area contributed by atoms with E-state index >= 15 is 0 Å². The average Bonchev–Trinajstić information content (AvgIpc) is 2.89. The zero-order chi connectivity index (χ0) is 23.5. The number of benzene rings is 3. The van der Waals surface area contributed by atoms with Gasteiger partial charge in [0.1, 0.15) is 12.4 Å². The lowest BCUT2D eigenvalue weighted by molar-refractivity contribution is -0.129. The fraction of sp³-hybridized carbons (Fsp3) is 0.185. The summed E-state index contributed by atoms with van der Waals surface area (Å²) in [5.41, 5.74) is 3.70. The van der Waals surface area contributed by atoms with Crippen LogP contribution >= 0.6 is 23.4 Å². The Labute approximate surface area is 208 Å². The highest BCUT2D eigenvalue weighted by molar-refractivity contribution is 8.03. The van der Waals surface area contributed by atoms with Gasteiger partial charge in [-0.15, -0.1) is 0 Å². The van der Waals surface area contributed by atoms with Crippen LogP contribution in [0.1, 0.15) is 23.5 Å². The summed E-state index contributed by atoms with van der Waals surface area (Å²) in [5, 5.41) is 11.5. The predicted octanol–water partition coefficient (Wildman–Crippen LogP) is 6.14. The number of amides is 1. The molecule has 3 aromatic carbocycles. The third-order valence-corrected chi connectivity index (χ3v) is 7.42. The minimum Gasteiger partial charge on any atom is -0.489 e. The van der Waals surface area contributed by atoms with Gasteiger partial charge in [0.2, 0.25) is 5.91 Å². The van der Waals surface area contributed by atoms with Crippen LogP contribution in [0.15, 0.2) is 89.5 Å². The van der Waals surface area contributed by atoms with E-state index in [1.54, 1.807) is 16.7 Å². The minimum atomic E-state index is -0.246. The number of carbonyl (C=O) groups is 1. The molecule has 1 unspecified atom stereocenters. The average molecular weight is 488 g/mol. The van der Waals surface area contributed by atoms with Crippen molar-refractivity contribution in [3.63, 3.8) is 0 Å². The summed E-state index contributed by atoms with van der Waals surface area (Å²) in [4.78, 5) is 17.0. The van der Waals surface area contributed by atoms with Crippen molar-refractivity contribution in [1.29, 1.82) is 5.26 Å². The summed E-state index contributed by atoms with van der Waals surface area (Å²) in [6.07, 6.45) is 0.278. The molecule has 0 aliphatic carbocycles. The fourth-order valence-corrected chi connectivity index (χ4v) is 5.49. The van der Waals surface area contributed by atoms with Crippen molar-refractivity contribution < 1.29 is 9.53 Å². The van der Waals surface area contributed by atoms with Crippen LogP contribution in [0, 0.1) is 11.3 Å². The standard InChI is InChI=1S/C27H22ClN3O2S/c28-21-10-6-19(7-11-21)16-33-23-12-8-20(9-13-23)24-14-26(32)31-17-30(22-4-2-1-3-5-22)18-34-27(31)25(24)15-29/h1-13,24H,14,16-18H2. The van der Waals surface area contributed by atoms with E-state index in [1.807, 2.05) is 78.9 Å². The summed E-state index contributed by atoms with van der Waals surface area (Å²) in [6, 6.07) is 27.7. The topological polar surface area (TPSA) is 56.6 Å². The molecule has 5 rings (SSSR count). The minimum absolute atomic E-state index is 0.0372. The Hall–Kier alpha value is -3.40. The van der Waals surface area contributed by atoms with Gasteiger partial charge in [-0.25, -0.2) is 0 Å². The molecule has 0 spiro atoms. The first-order chi connectivity index (χ1) is 16.6. The first-order valence-electron chi connectivity index (χ1n) is 11.0. The summed E-state index contributed by atoms with van der Waals surface area (Å²) in [7, 11) is 0. The Bertz CT molecular complexity index is 1250. The van der Waals surface area contributed by atoms with Crippen molar-refractivity contribution in [2.45, 2.75) is 18.9 Å². The zero-order valence-corrected chi connectivity index (χ0v) is 19.9. The van der Waals surface area contributed by atoms with E-state index in [0.717, 1.165) is 27.6 Å². The Morgan fingerprint density at radius 2 is 1.76 bits per heavy atom. The van der Waals surface area contributed by atoms with E-state index in [4.69, 9.17) is 16.3 Å². The second-order valence-corrected chi connectivity index (χ2v) is 9.55. The number of carbonyl (C=O) groups excluding carboxylic acids is 1. The number of hydrogen-bond donors (Lipinski definition) is 0. The number of ether oxygens (including phenoxy) is 1. The number of thioether (sulfide) groups is 1. The monoisotopic (exact) mass is 487 g/mol. The summed E-state index contributed by atoms with van der Waals surface area (Å²) < 4.78 is 5.88. The first-order valence-corrected chi connectivity index (χ1v) is 12.3. The van der Waals surface area contributed by atoms with E-state index in [0.29, 0.717) is 29.7 Å². The number of nitrogens with zero attached hydrogens (tertiary/aromatic N) is 3. The van der Waals surface area contributed by atoms with Gasteiger partial charge in [0.15, 0.2) is 0 Å². The molecule has 1 saturated heterocycles. The first kappa shape index (κ1) is 22.4. The number of nitriles is 1. The van der Waals surface area contributed by atoms with Crippen LogP contribution < -0.4 is 9.64 Å². The molecular formula is C27H22ClN3O2S. The largest absolute Gasteiger partial charge is 0.489 e. The Balaban J connectivity index is 1.32. The maximum absolute atomic E-state index is 13.1. The zero-order valence-electron chi connectivity index (χ0n) is 18.4. The molecule has 1 atom stereocenters. The molecule has 2 aliphatic rings. The molecule has 1 amide bonds. The third-order valence-electron chi connectivity index (χ3n) is 6.02. The highest BCUT2D eigenvalue weighted by Crippen LogP contribution is 2.43. The van der Waals surface area contributed by atoms with Crippen molar-refractivity contribution in [1.82, 2.24) is 4.90 Å². The van der Waals surface area contributed by atoms with Crippen molar-refractivity contribution in [3.8, 4) is 11.8 Å². The molecule has 1 fully saturated rings. The molecule has 5 nitrogen and oxygen atoms in total. The van der Waals surface area contributed by atoms with Crippen molar-refractivity contribution >= 4 is 35.0 Å². The number of anilines is 1. The second kappa shape index (κ2) is 9.84. The summed E-state index contributed by atoms with van der Waals surface area (Å²) >= 11 is 7.48. The maximum atomic E-state index is 13.1. The molecule has 0 saturated carbocycles. The third kappa shape index (κ3) is 4.63. The highest BCUT2D eigenvalue weighted by atomic mass is 35.5. The van der Waals surface area contributed by atoms with Crippen LogP contribution in [-0.2, 0) is 11.4 Å². The number of fused-ring (bicyclic) bond motifs is 1. The smallest absolute Gasteiger partial charge is 0.229 e. The van der Waals surface area contributed by atoms with E-state index in [9.17, 15) is 10.1 Å². The van der Waals surface area contributed by atoms with Gasteiger partial charge in [-0.2, -0.15) is 5.26 Å². The van der Waals surface area contributed by atoms with Crippen LogP contribution in [0.5, 0.6) is 5.75 Å². The van der Waals surface area contributed by atoms with Gasteiger partial charge in [0.05, 0.1) is 29.2 Å². The molecule has 2 heterocycles. The van der Waals surface area contributed by atoms with Gasteiger partial charge < -0.3 is 9.64 Å². The Kier molecular flexibility index (Phi) is 6.48. The molecule has 0 radical (unpaired) electrons. The molecular weight excluding hydrogens is 466 g/mol. The maximum Gasteiger partial charge on any atom is 0.229 e. The molecule has 0 bridgehead atoms. The van der Waals surface area contributed by atoms with E-state index in [-0.39, 0.29) is 18.2 Å². The molecule has 0 N–H and O–H groups in total. The van der Waals surface area contributed by atoms with Crippen LogP contribution in [-0.4, -0.2) is 23.4 Å². The molecule has 0 aromatic heterocycles. The quantitative estimate of drug-likeness (QED) is 0.432. The Morgan fingerprint density at radius 1 is 1.03 bits per heavy atom. The number of hydrogen-bond acceptors (Lipinski definition) is 5. The van der Waals surface area contributed by atoms with E-state index in [1.165, 1.54) is 0 Å². The number of allylic oxidation sites excluding steroid dienone is 1. The van der Waals surface area contributed by atoms with Crippen LogP contribution in [0.4, 0.5) is 5.69 Å². The van der Waals surface area contributed by atoms with Crippen LogP contribution in [0.3, 0.4) is 0 Å². The molecule has 7 heteroatoms. The van der Waals surface area contributed by atoms with Crippen molar-refractivity contribution in [3.05, 3.63) is 106 Å². The van der Waals surface area contributed by atoms with Gasteiger partial charge in [0, 0.05) is 23.0 Å². The van der Waals surface area contributed by atoms with Gasteiger partial charge >= 0.3 is 0 Å². The van der Waals surface area contributed by atoms with E-state index < -0.39 is 0 Å². The molecule has 170 valence electrons. The summed E-state index contributed by atoms with van der Waals surface area (Å²) in [5.74, 6) is 1.22. The van der Waals surface area contributed by atoms with Gasteiger partial charge in [-0.1, -0.05) is 65.8 Å². The Morgan fingerprint density at radius 3 is 2.47 bits per heavy atom. The lowest BCUT2D eigenvalue weighted by Crippen LogP contribution is -2.47. The normalized spacial score (nSPS) is 17.9. The van der Waals surface area contributed by atoms with Gasteiger partial charge in [0.25, 0.3) is 0 Å². The van der Waals surface area contributed by atoms with E-state index in [2.05, 4.69) is 11.0 Å². The van der Waals surface area contributed by atoms with Crippen molar-refractivity contribution in [2.75, 3.05) is 17.4 Å². The van der Waals surface area contributed by atoms with Gasteiger partial charge in [-0.3, -0.25) is 9.69 Å². The number of para-hydroxylation sites is 1. The highest BCUT2D eigenvalue weighted by Gasteiger charge is 2.38. The van der Waals surface area contributed by atoms with Crippen molar-refractivity contribution in [2.24, 2.45) is 0 Å². The molecule has 34 heavy (non-hydrogen) atoms. The second-order valence-electron chi connectivity index (χ2n) is 8.18.